The van der Waals surface area contributed by atoms with Gasteiger partial charge in [0.05, 0.1) is 11.8 Å². The fourth-order valence-corrected chi connectivity index (χ4v) is 5.54. The van der Waals surface area contributed by atoms with Crippen molar-refractivity contribution in [1.29, 1.82) is 0 Å². The number of piperidine rings is 1. The minimum atomic E-state index is -2.65. The van der Waals surface area contributed by atoms with Crippen molar-refractivity contribution < 1.29 is 18.1 Å². The summed E-state index contributed by atoms with van der Waals surface area (Å²) in [7, 11) is 0. The van der Waals surface area contributed by atoms with Crippen LogP contribution in [0.1, 0.15) is 49.5 Å². The third-order valence-electron chi connectivity index (χ3n) is 7.01. The number of halogens is 2. The molecule has 2 aliphatic carbocycles. The maximum absolute atomic E-state index is 13.5. The molecule has 2 bridgehead atoms. The average Bonchev–Trinajstić information content (AvgIpc) is 3.43. The second-order valence-electron chi connectivity index (χ2n) is 8.89. The van der Waals surface area contributed by atoms with Crippen LogP contribution in [0.4, 0.5) is 8.78 Å². The third kappa shape index (κ3) is 3.34. The molecule has 0 radical (unpaired) electrons. The van der Waals surface area contributed by atoms with Crippen LogP contribution < -0.4 is 0 Å². The smallest absolute Gasteiger partial charge is 0.251 e. The molecule has 1 aromatic carbocycles. The number of aryl methyl sites for hydroxylation is 1. The number of fused-ring (bicyclic) bond motifs is 2. The topological polar surface area (TPSA) is 59.2 Å². The first-order chi connectivity index (χ1) is 13.9. The number of amides is 1. The van der Waals surface area contributed by atoms with Gasteiger partial charge < -0.3 is 9.42 Å². The highest BCUT2D eigenvalue weighted by Gasteiger charge is 2.55. The molecule has 2 saturated carbocycles. The Morgan fingerprint density at radius 3 is 2.72 bits per heavy atom. The van der Waals surface area contributed by atoms with E-state index in [9.17, 15) is 13.6 Å². The minimum absolute atomic E-state index is 0.00648. The summed E-state index contributed by atoms with van der Waals surface area (Å²) in [6, 6.07) is 7.92. The Hall–Kier alpha value is -2.31. The third-order valence-corrected chi connectivity index (χ3v) is 7.01. The molecule has 2 aromatic rings. The molecule has 29 heavy (non-hydrogen) atoms. The molecule has 7 heteroatoms. The minimum Gasteiger partial charge on any atom is -0.342 e. The Morgan fingerprint density at radius 1 is 1.21 bits per heavy atom. The van der Waals surface area contributed by atoms with Gasteiger partial charge in [-0.15, -0.1) is 0 Å². The number of hydrogen-bond acceptors (Lipinski definition) is 4. The highest BCUT2D eigenvalue weighted by molar-refractivity contribution is 5.81. The Bertz CT molecular complexity index is 918. The summed E-state index contributed by atoms with van der Waals surface area (Å²) < 4.78 is 32.7. The predicted molar refractivity (Wildman–Crippen MR) is 102 cm³/mol. The zero-order valence-electron chi connectivity index (χ0n) is 16.5. The molecule has 0 N–H and O–H groups in total. The summed E-state index contributed by atoms with van der Waals surface area (Å²) in [5, 5.41) is 4.17. The largest absolute Gasteiger partial charge is 0.342 e. The molecule has 1 saturated heterocycles. The number of aromatic nitrogens is 2. The van der Waals surface area contributed by atoms with Gasteiger partial charge in [-0.25, -0.2) is 8.78 Å². The van der Waals surface area contributed by atoms with Crippen LogP contribution in [0.25, 0.3) is 11.4 Å². The van der Waals surface area contributed by atoms with Crippen molar-refractivity contribution in [2.45, 2.75) is 50.9 Å². The molecule has 5 rings (SSSR count). The van der Waals surface area contributed by atoms with Gasteiger partial charge in [-0.3, -0.25) is 4.79 Å². The predicted octanol–water partition coefficient (Wildman–Crippen LogP) is 4.43. The van der Waals surface area contributed by atoms with E-state index in [-0.39, 0.29) is 49.6 Å². The van der Waals surface area contributed by atoms with E-state index in [1.165, 1.54) is 0 Å². The first kappa shape index (κ1) is 18.7. The lowest BCUT2D eigenvalue weighted by atomic mass is 9.78. The van der Waals surface area contributed by atoms with E-state index in [4.69, 9.17) is 4.52 Å². The van der Waals surface area contributed by atoms with Crippen LogP contribution >= 0.6 is 0 Å². The van der Waals surface area contributed by atoms with Gasteiger partial charge in [-0.05, 0) is 44.1 Å². The highest BCUT2D eigenvalue weighted by Crippen LogP contribution is 2.57. The lowest BCUT2D eigenvalue weighted by Crippen LogP contribution is -2.47. The Labute approximate surface area is 168 Å². The molecule has 0 spiro atoms. The lowest BCUT2D eigenvalue weighted by molar-refractivity contribution is -0.144. The molecule has 5 nitrogen and oxygen atoms in total. The number of benzene rings is 1. The second kappa shape index (κ2) is 6.89. The number of nitrogens with zero attached hydrogens (tertiary/aromatic N) is 3. The number of rotatable bonds is 3. The lowest BCUT2D eigenvalue weighted by Gasteiger charge is -2.36. The summed E-state index contributed by atoms with van der Waals surface area (Å²) in [6.07, 6.45) is 2.55. The number of hydrogen-bond donors (Lipinski definition) is 0. The monoisotopic (exact) mass is 401 g/mol. The standard InChI is InChI=1S/C22H25F2N3O2/c1-13-3-2-4-16(11-13)19-25-20(29-26-19)17-14-5-6-15(12-14)18(17)21(28)27-9-7-22(23,24)8-10-27/h2-4,11,14-15,17-18H,5-10,12H2,1H3/t14-,15+,17+,18+/m1/s1. The highest BCUT2D eigenvalue weighted by atomic mass is 19.3. The molecular weight excluding hydrogens is 376 g/mol. The molecule has 3 fully saturated rings. The van der Waals surface area contributed by atoms with Gasteiger partial charge in [0, 0.05) is 31.5 Å². The van der Waals surface area contributed by atoms with Crippen molar-refractivity contribution in [2.75, 3.05) is 13.1 Å². The molecule has 0 unspecified atom stereocenters. The first-order valence-corrected chi connectivity index (χ1v) is 10.5. The fourth-order valence-electron chi connectivity index (χ4n) is 5.54. The number of likely N-dealkylation sites (tertiary alicyclic amines) is 1. The van der Waals surface area contributed by atoms with Gasteiger partial charge in [-0.2, -0.15) is 4.98 Å². The van der Waals surface area contributed by atoms with Crippen LogP contribution in [-0.4, -0.2) is 40.0 Å². The van der Waals surface area contributed by atoms with E-state index in [0.29, 0.717) is 17.6 Å². The van der Waals surface area contributed by atoms with E-state index >= 15 is 0 Å². The quantitative estimate of drug-likeness (QED) is 0.763. The van der Waals surface area contributed by atoms with Crippen molar-refractivity contribution in [1.82, 2.24) is 15.0 Å². The van der Waals surface area contributed by atoms with Gasteiger partial charge in [0.15, 0.2) is 0 Å². The molecular formula is C22H25F2N3O2. The zero-order chi connectivity index (χ0) is 20.2. The van der Waals surface area contributed by atoms with Crippen LogP contribution in [0.3, 0.4) is 0 Å². The van der Waals surface area contributed by atoms with Crippen LogP contribution in [0.5, 0.6) is 0 Å². The van der Waals surface area contributed by atoms with Gasteiger partial charge >= 0.3 is 0 Å². The van der Waals surface area contributed by atoms with Crippen molar-refractivity contribution in [3.63, 3.8) is 0 Å². The average molecular weight is 401 g/mol. The summed E-state index contributed by atoms with van der Waals surface area (Å²) in [5.41, 5.74) is 2.01. The molecule has 3 aliphatic rings. The van der Waals surface area contributed by atoms with Crippen molar-refractivity contribution in [3.05, 3.63) is 35.7 Å². The summed E-state index contributed by atoms with van der Waals surface area (Å²) >= 11 is 0. The van der Waals surface area contributed by atoms with Gasteiger partial charge in [0.1, 0.15) is 0 Å². The van der Waals surface area contributed by atoms with E-state index in [1.54, 1.807) is 4.90 Å². The number of alkyl halides is 2. The molecule has 4 atom stereocenters. The van der Waals surface area contributed by atoms with Gasteiger partial charge in [0.25, 0.3) is 5.92 Å². The molecule has 1 amide bonds. The van der Waals surface area contributed by atoms with E-state index < -0.39 is 5.92 Å². The molecule has 154 valence electrons. The van der Waals surface area contributed by atoms with Crippen LogP contribution in [0, 0.1) is 24.7 Å². The normalized spacial score (nSPS) is 30.7. The van der Waals surface area contributed by atoms with E-state index in [2.05, 4.69) is 10.1 Å². The number of carbonyl (C=O) groups is 1. The van der Waals surface area contributed by atoms with Crippen LogP contribution in [0.15, 0.2) is 28.8 Å². The second-order valence-corrected chi connectivity index (χ2v) is 8.89. The first-order valence-electron chi connectivity index (χ1n) is 10.5. The van der Waals surface area contributed by atoms with Gasteiger partial charge in [-0.1, -0.05) is 28.9 Å². The summed E-state index contributed by atoms with van der Waals surface area (Å²) in [4.78, 5) is 19.6. The molecule has 1 aromatic heterocycles. The maximum atomic E-state index is 13.5. The molecule has 1 aliphatic heterocycles. The summed E-state index contributed by atoms with van der Waals surface area (Å²) in [5.74, 6) is -1.29. The van der Waals surface area contributed by atoms with Crippen LogP contribution in [0.2, 0.25) is 0 Å². The number of carbonyl (C=O) groups excluding carboxylic acids is 1. The molecule has 2 heterocycles. The van der Waals surface area contributed by atoms with E-state index in [0.717, 1.165) is 30.4 Å². The SMILES string of the molecule is Cc1cccc(-c2noc([C@H]3[C@@H]4CC[C@@H](C4)[C@@H]3C(=O)N3CCC(F)(F)CC3)n2)c1. The fraction of sp³-hybridized carbons (Fsp3) is 0.591. The zero-order valence-corrected chi connectivity index (χ0v) is 16.5. The van der Waals surface area contributed by atoms with Crippen molar-refractivity contribution >= 4 is 5.91 Å². The van der Waals surface area contributed by atoms with Crippen molar-refractivity contribution in [2.24, 2.45) is 17.8 Å². The summed E-state index contributed by atoms with van der Waals surface area (Å²) in [6.45, 7) is 2.27. The van der Waals surface area contributed by atoms with E-state index in [1.807, 2.05) is 31.2 Å². The maximum Gasteiger partial charge on any atom is 0.251 e. The Kier molecular flexibility index (Phi) is 4.44. The Morgan fingerprint density at radius 2 is 1.97 bits per heavy atom. The van der Waals surface area contributed by atoms with Crippen LogP contribution in [-0.2, 0) is 4.79 Å². The van der Waals surface area contributed by atoms with Crippen molar-refractivity contribution in [3.8, 4) is 11.4 Å². The van der Waals surface area contributed by atoms with Gasteiger partial charge in [0.2, 0.25) is 17.6 Å². The Balaban J connectivity index is 1.40.